The van der Waals surface area contributed by atoms with Crippen LogP contribution in [0.25, 0.3) is 0 Å². The van der Waals surface area contributed by atoms with Gasteiger partial charge in [0.15, 0.2) is 0 Å². The summed E-state index contributed by atoms with van der Waals surface area (Å²) in [5.41, 5.74) is -4.46. The molecule has 0 heterocycles. The maximum atomic E-state index is 15.0. The van der Waals surface area contributed by atoms with Crippen molar-refractivity contribution in [3.8, 4) is 11.5 Å². The Balaban J connectivity index is 1.76. The van der Waals surface area contributed by atoms with E-state index in [1.54, 1.807) is 0 Å². The van der Waals surface area contributed by atoms with Crippen LogP contribution in [0.5, 0.6) is 11.5 Å². The Morgan fingerprint density at radius 2 is 1.22 bits per heavy atom. The van der Waals surface area contributed by atoms with Crippen molar-refractivity contribution in [2.75, 3.05) is 6.61 Å². The predicted octanol–water partition coefficient (Wildman–Crippen LogP) is 9.28. The van der Waals surface area contributed by atoms with Crippen LogP contribution in [0.1, 0.15) is 76.3 Å². The number of rotatable bonds is 7. The molecule has 0 aromatic heterocycles. The first kappa shape index (κ1) is 28.6. The number of benzene rings is 1. The molecule has 0 aliphatic heterocycles. The molecule has 2 aliphatic carbocycles. The predicted molar refractivity (Wildman–Crippen MR) is 119 cm³/mol. The highest BCUT2D eigenvalue weighted by atomic mass is 19.4. The van der Waals surface area contributed by atoms with Crippen LogP contribution in [-0.4, -0.2) is 12.7 Å². The Morgan fingerprint density at radius 3 is 1.69 bits per heavy atom. The first-order valence-electron chi connectivity index (χ1n) is 12.4. The molecule has 0 atom stereocenters. The lowest BCUT2D eigenvalue weighted by Crippen LogP contribution is -2.39. The molecular formula is C26H32F8O2. The zero-order valence-electron chi connectivity index (χ0n) is 20.3. The average Bonchev–Trinajstić information content (AvgIpc) is 2.79. The zero-order valence-corrected chi connectivity index (χ0v) is 20.3. The lowest BCUT2D eigenvalue weighted by Gasteiger charge is -2.39. The Bertz CT molecular complexity index is 890. The van der Waals surface area contributed by atoms with E-state index in [2.05, 4.69) is 10.8 Å². The van der Waals surface area contributed by atoms with Crippen molar-refractivity contribution in [1.29, 1.82) is 0 Å². The van der Waals surface area contributed by atoms with Gasteiger partial charge in [0.2, 0.25) is 0 Å². The summed E-state index contributed by atoms with van der Waals surface area (Å²) in [4.78, 5) is 0. The van der Waals surface area contributed by atoms with Crippen molar-refractivity contribution < 1.29 is 44.6 Å². The molecule has 0 amide bonds. The van der Waals surface area contributed by atoms with Crippen molar-refractivity contribution in [2.24, 2.45) is 23.7 Å². The molecule has 1 aromatic rings. The van der Waals surface area contributed by atoms with Gasteiger partial charge in [0.1, 0.15) is 22.6 Å². The summed E-state index contributed by atoms with van der Waals surface area (Å²) >= 11 is 0. The van der Waals surface area contributed by atoms with E-state index in [4.69, 9.17) is 4.74 Å². The minimum absolute atomic E-state index is 0.0387. The van der Waals surface area contributed by atoms with E-state index in [0.717, 1.165) is 25.7 Å². The topological polar surface area (TPSA) is 18.5 Å². The van der Waals surface area contributed by atoms with Gasteiger partial charge in [-0.25, -0.2) is 0 Å². The lowest BCUT2D eigenvalue weighted by molar-refractivity contribution is -0.228. The third kappa shape index (κ3) is 6.65. The molecule has 204 valence electrons. The summed E-state index contributed by atoms with van der Waals surface area (Å²) in [5.74, 6) is -2.78. The monoisotopic (exact) mass is 528 g/mol. The molecule has 0 radical (unpaired) electrons. The number of halogens is 8. The van der Waals surface area contributed by atoms with Crippen LogP contribution < -0.4 is 9.47 Å². The van der Waals surface area contributed by atoms with E-state index in [9.17, 15) is 26.3 Å². The molecule has 2 nitrogen and oxygen atoms in total. The van der Waals surface area contributed by atoms with Gasteiger partial charge < -0.3 is 9.47 Å². The van der Waals surface area contributed by atoms with Crippen molar-refractivity contribution in [3.05, 3.63) is 35.4 Å². The van der Waals surface area contributed by atoms with Crippen LogP contribution in [0.2, 0.25) is 0 Å². The van der Waals surface area contributed by atoms with Gasteiger partial charge in [-0.15, -0.1) is 0 Å². The highest BCUT2D eigenvalue weighted by Crippen LogP contribution is 2.51. The SMILES string of the molecule is C/C=C/C1CCC(C2CCC(C(F)(F)Oc3ccc(OCC)c(C(F)(F)F)c3C(F)(F)F)CC2)CC1. The van der Waals surface area contributed by atoms with Crippen LogP contribution in [-0.2, 0) is 12.4 Å². The van der Waals surface area contributed by atoms with Crippen LogP contribution >= 0.6 is 0 Å². The van der Waals surface area contributed by atoms with E-state index in [1.165, 1.54) is 6.92 Å². The average molecular weight is 529 g/mol. The van der Waals surface area contributed by atoms with E-state index >= 15 is 8.78 Å². The number of hydrogen-bond donors (Lipinski definition) is 0. The van der Waals surface area contributed by atoms with Crippen LogP contribution in [0.15, 0.2) is 24.3 Å². The Morgan fingerprint density at radius 1 is 0.750 bits per heavy atom. The summed E-state index contributed by atoms with van der Waals surface area (Å²) in [7, 11) is 0. The molecule has 36 heavy (non-hydrogen) atoms. The molecule has 0 bridgehead atoms. The second kappa shape index (κ2) is 11.2. The second-order valence-corrected chi connectivity index (χ2v) is 9.72. The summed E-state index contributed by atoms with van der Waals surface area (Å²) in [6.45, 7) is 2.94. The van der Waals surface area contributed by atoms with Gasteiger partial charge in [0.25, 0.3) is 0 Å². The van der Waals surface area contributed by atoms with Gasteiger partial charge in [-0.05, 0) is 95.1 Å². The normalized spacial score (nSPS) is 26.3. The Hall–Kier alpha value is -2.00. The van der Waals surface area contributed by atoms with Crippen molar-refractivity contribution in [3.63, 3.8) is 0 Å². The molecule has 0 unspecified atom stereocenters. The van der Waals surface area contributed by atoms with Gasteiger partial charge in [0, 0.05) is 0 Å². The lowest BCUT2D eigenvalue weighted by atomic mass is 9.69. The standard InChI is InChI=1S/C26H32F8O2/c1-3-5-16-6-8-17(9-7-16)18-10-12-19(13-11-18)26(33,34)36-21-15-14-20(35-4-2)22(24(27,28)29)23(21)25(30,31)32/h3,5,14-19H,4,6-13H2,1-2H3/b5-3+. The molecule has 2 fully saturated rings. The fourth-order valence-electron chi connectivity index (χ4n) is 5.73. The van der Waals surface area contributed by atoms with Gasteiger partial charge in [0.05, 0.1) is 12.5 Å². The highest BCUT2D eigenvalue weighted by Gasteiger charge is 2.51. The quantitative estimate of drug-likeness (QED) is 0.259. The molecule has 2 saturated carbocycles. The molecule has 0 saturated heterocycles. The van der Waals surface area contributed by atoms with Crippen LogP contribution in [0, 0.1) is 23.7 Å². The van der Waals surface area contributed by atoms with E-state index in [1.807, 2.05) is 13.0 Å². The van der Waals surface area contributed by atoms with E-state index in [-0.39, 0.29) is 25.4 Å². The molecule has 3 rings (SSSR count). The highest BCUT2D eigenvalue weighted by molar-refractivity contribution is 5.52. The van der Waals surface area contributed by atoms with E-state index < -0.39 is 47.0 Å². The van der Waals surface area contributed by atoms with Crippen molar-refractivity contribution >= 4 is 0 Å². The maximum Gasteiger partial charge on any atom is 0.420 e. The molecule has 0 spiro atoms. The van der Waals surface area contributed by atoms with Crippen LogP contribution in [0.4, 0.5) is 35.1 Å². The fraction of sp³-hybridized carbons (Fsp3) is 0.692. The third-order valence-electron chi connectivity index (χ3n) is 7.44. The minimum Gasteiger partial charge on any atom is -0.493 e. The molecular weight excluding hydrogens is 496 g/mol. The molecule has 1 aromatic carbocycles. The number of allylic oxidation sites excluding steroid dienone is 2. The summed E-state index contributed by atoms with van der Waals surface area (Å²) < 4.78 is 121. The summed E-state index contributed by atoms with van der Waals surface area (Å²) in [5, 5.41) is 0. The van der Waals surface area contributed by atoms with Gasteiger partial charge in [-0.3, -0.25) is 0 Å². The van der Waals surface area contributed by atoms with Crippen LogP contribution in [0.3, 0.4) is 0 Å². The molecule has 10 heteroatoms. The zero-order chi connectivity index (χ0) is 26.7. The summed E-state index contributed by atoms with van der Waals surface area (Å²) in [6, 6.07) is 1.07. The number of ether oxygens (including phenoxy) is 2. The largest absolute Gasteiger partial charge is 0.493 e. The fourth-order valence-corrected chi connectivity index (χ4v) is 5.73. The molecule has 2 aliphatic rings. The molecule has 0 N–H and O–H groups in total. The third-order valence-corrected chi connectivity index (χ3v) is 7.44. The Kier molecular flexibility index (Phi) is 8.87. The van der Waals surface area contributed by atoms with Gasteiger partial charge in [-0.1, -0.05) is 12.2 Å². The summed E-state index contributed by atoms with van der Waals surface area (Å²) in [6.07, 6.45) is -5.73. The smallest absolute Gasteiger partial charge is 0.420 e. The first-order chi connectivity index (χ1) is 16.8. The van der Waals surface area contributed by atoms with Crippen molar-refractivity contribution in [1.82, 2.24) is 0 Å². The Labute approximate surface area is 206 Å². The minimum atomic E-state index is -5.59. The van der Waals surface area contributed by atoms with E-state index in [0.29, 0.717) is 36.8 Å². The maximum absolute atomic E-state index is 15.0. The second-order valence-electron chi connectivity index (χ2n) is 9.72. The van der Waals surface area contributed by atoms with Gasteiger partial charge >= 0.3 is 18.5 Å². The number of hydrogen-bond acceptors (Lipinski definition) is 2. The van der Waals surface area contributed by atoms with Crippen molar-refractivity contribution in [2.45, 2.75) is 83.7 Å². The van der Waals surface area contributed by atoms with Gasteiger partial charge in [-0.2, -0.15) is 35.1 Å². The first-order valence-corrected chi connectivity index (χ1v) is 12.4. The number of alkyl halides is 8.